The summed E-state index contributed by atoms with van der Waals surface area (Å²) in [4.78, 5) is 18.2. The van der Waals surface area contributed by atoms with Gasteiger partial charge in [0, 0.05) is 41.1 Å². The van der Waals surface area contributed by atoms with Crippen LogP contribution in [-0.2, 0) is 20.9 Å². The van der Waals surface area contributed by atoms with E-state index in [1.54, 1.807) is 11.3 Å². The summed E-state index contributed by atoms with van der Waals surface area (Å²) in [7, 11) is -3.01. The maximum atomic E-state index is 13.6. The fourth-order valence-corrected chi connectivity index (χ4v) is 7.19. The van der Waals surface area contributed by atoms with Crippen molar-refractivity contribution < 1.29 is 13.7 Å². The minimum absolute atomic E-state index is 0.124. The largest absolute Gasteiger partial charge is 0.447 e. The number of aromatic nitrogens is 3. The molecule has 1 aromatic carbocycles. The van der Waals surface area contributed by atoms with Gasteiger partial charge < -0.3 is 10.1 Å². The van der Waals surface area contributed by atoms with Crippen molar-refractivity contribution in [3.05, 3.63) is 52.4 Å². The van der Waals surface area contributed by atoms with Crippen LogP contribution in [0.5, 0.6) is 0 Å². The molecule has 3 N–H and O–H groups in total. The van der Waals surface area contributed by atoms with E-state index >= 15 is 0 Å². The molecule has 2 heterocycles. The molecule has 3 aromatic rings. The average Bonchev–Trinajstić information content (AvgIpc) is 3.48. The standard InChI is InChI=1S/C27H37N5O3S2/c1-16(2)35-27(33)30-21-9-7-20(8-10-21)26-29-15-24(36-26)23-11-6-19(13-22-12-18(5)31-32-22)14-25(23)37(28,34)17(3)4/h6,11-12,14-17,20-21,28H,7-10,13H2,1-5H3,(H,30,33)(H,31,32). The van der Waals surface area contributed by atoms with Crippen molar-refractivity contribution in [3.8, 4) is 10.4 Å². The van der Waals surface area contributed by atoms with E-state index in [4.69, 9.17) is 14.5 Å². The highest BCUT2D eigenvalue weighted by Gasteiger charge is 2.27. The average molecular weight is 544 g/mol. The molecule has 1 fully saturated rings. The number of hydrogen-bond donors (Lipinski definition) is 3. The molecule has 200 valence electrons. The summed E-state index contributed by atoms with van der Waals surface area (Å²) in [6, 6.07) is 8.06. The Hall–Kier alpha value is -2.72. The molecule has 4 rings (SSSR count). The number of carbonyl (C=O) groups excluding carboxylic acids is 1. The summed E-state index contributed by atoms with van der Waals surface area (Å²) in [5.41, 5.74) is 3.72. The molecule has 1 saturated carbocycles. The van der Waals surface area contributed by atoms with E-state index in [1.165, 1.54) is 0 Å². The Balaban J connectivity index is 1.53. The minimum Gasteiger partial charge on any atom is -0.447 e. The van der Waals surface area contributed by atoms with Gasteiger partial charge in [-0.1, -0.05) is 12.1 Å². The SMILES string of the molecule is Cc1cc(Cc2ccc(-c3cnc(C4CCC(NC(=O)OC(C)C)CC4)s3)c(S(=N)(=O)C(C)C)c2)n[nH]1. The van der Waals surface area contributed by atoms with E-state index in [-0.39, 0.29) is 23.5 Å². The lowest BCUT2D eigenvalue weighted by Crippen LogP contribution is -2.38. The second-order valence-corrected chi connectivity index (χ2v) is 14.1. The number of alkyl carbamates (subject to hydrolysis) is 1. The molecule has 1 unspecified atom stereocenters. The summed E-state index contributed by atoms with van der Waals surface area (Å²) in [6.07, 6.45) is 5.63. The lowest BCUT2D eigenvalue weighted by Gasteiger charge is -2.28. The number of thiazole rings is 1. The monoisotopic (exact) mass is 543 g/mol. The molecular weight excluding hydrogens is 506 g/mol. The Kier molecular flexibility index (Phi) is 8.38. The summed E-state index contributed by atoms with van der Waals surface area (Å²) in [5, 5.41) is 11.0. The topological polar surface area (TPSA) is 121 Å². The van der Waals surface area contributed by atoms with Crippen LogP contribution < -0.4 is 5.32 Å². The normalized spacial score (nSPS) is 19.6. The predicted octanol–water partition coefficient (Wildman–Crippen LogP) is 6.41. The van der Waals surface area contributed by atoms with Crippen LogP contribution >= 0.6 is 11.3 Å². The van der Waals surface area contributed by atoms with Crippen LogP contribution in [0.25, 0.3) is 10.4 Å². The number of H-pyrrole nitrogens is 1. The van der Waals surface area contributed by atoms with Gasteiger partial charge in [-0.05, 0) is 78.0 Å². The van der Waals surface area contributed by atoms with Crippen molar-refractivity contribution in [3.63, 3.8) is 0 Å². The number of hydrogen-bond acceptors (Lipinski definition) is 7. The van der Waals surface area contributed by atoms with Crippen molar-refractivity contribution >= 4 is 27.2 Å². The maximum absolute atomic E-state index is 13.6. The van der Waals surface area contributed by atoms with Crippen LogP contribution in [0.15, 0.2) is 35.4 Å². The van der Waals surface area contributed by atoms with Gasteiger partial charge in [0.15, 0.2) is 0 Å². The Labute approximate surface area is 223 Å². The van der Waals surface area contributed by atoms with Gasteiger partial charge in [-0.15, -0.1) is 11.3 Å². The van der Waals surface area contributed by atoms with Crippen molar-refractivity contribution in [2.45, 2.75) is 94.9 Å². The molecule has 2 aromatic heterocycles. The lowest BCUT2D eigenvalue weighted by atomic mass is 9.86. The molecule has 0 aliphatic heterocycles. The highest BCUT2D eigenvalue weighted by atomic mass is 32.2. The quantitative estimate of drug-likeness (QED) is 0.303. The van der Waals surface area contributed by atoms with E-state index in [2.05, 4.69) is 15.5 Å². The number of rotatable bonds is 8. The van der Waals surface area contributed by atoms with E-state index in [1.807, 2.05) is 65.1 Å². The molecule has 10 heteroatoms. The lowest BCUT2D eigenvalue weighted by molar-refractivity contribution is 0.109. The third-order valence-electron chi connectivity index (χ3n) is 6.71. The van der Waals surface area contributed by atoms with E-state index in [0.29, 0.717) is 17.2 Å². The molecule has 0 spiro atoms. The van der Waals surface area contributed by atoms with E-state index in [9.17, 15) is 9.00 Å². The molecule has 37 heavy (non-hydrogen) atoms. The Morgan fingerprint density at radius 1 is 1.22 bits per heavy atom. The first-order valence-corrected chi connectivity index (χ1v) is 15.3. The molecule has 1 atom stereocenters. The molecule has 0 bridgehead atoms. The fourth-order valence-electron chi connectivity index (χ4n) is 4.66. The molecule has 1 amide bonds. The molecule has 0 saturated heterocycles. The predicted molar refractivity (Wildman–Crippen MR) is 148 cm³/mol. The van der Waals surface area contributed by atoms with Crippen LogP contribution in [0.2, 0.25) is 0 Å². The van der Waals surface area contributed by atoms with Gasteiger partial charge in [0.05, 0.1) is 36.3 Å². The minimum atomic E-state index is -3.01. The number of aryl methyl sites for hydroxylation is 1. The van der Waals surface area contributed by atoms with Gasteiger partial charge in [-0.25, -0.2) is 18.8 Å². The van der Waals surface area contributed by atoms with Crippen molar-refractivity contribution in [1.82, 2.24) is 20.5 Å². The Morgan fingerprint density at radius 2 is 1.95 bits per heavy atom. The summed E-state index contributed by atoms with van der Waals surface area (Å²) < 4.78 is 27.5. The van der Waals surface area contributed by atoms with E-state index < -0.39 is 9.73 Å². The van der Waals surface area contributed by atoms with Crippen LogP contribution in [-0.4, -0.2) is 42.9 Å². The first-order valence-electron chi connectivity index (χ1n) is 12.9. The van der Waals surface area contributed by atoms with Crippen molar-refractivity contribution in [2.24, 2.45) is 0 Å². The first-order chi connectivity index (χ1) is 17.5. The molecule has 8 nitrogen and oxygen atoms in total. The van der Waals surface area contributed by atoms with Gasteiger partial charge in [-0.3, -0.25) is 5.10 Å². The summed E-state index contributed by atoms with van der Waals surface area (Å²) in [6.45, 7) is 9.33. The van der Waals surface area contributed by atoms with Gasteiger partial charge in [0.2, 0.25) is 0 Å². The second kappa shape index (κ2) is 11.3. The van der Waals surface area contributed by atoms with Crippen molar-refractivity contribution in [2.75, 3.05) is 0 Å². The fraction of sp³-hybridized carbons (Fsp3) is 0.519. The third kappa shape index (κ3) is 6.59. The summed E-state index contributed by atoms with van der Waals surface area (Å²) >= 11 is 1.62. The zero-order valence-electron chi connectivity index (χ0n) is 22.2. The highest BCUT2D eigenvalue weighted by molar-refractivity contribution is 7.93. The van der Waals surface area contributed by atoms with Gasteiger partial charge in [0.25, 0.3) is 0 Å². The highest BCUT2D eigenvalue weighted by Crippen LogP contribution is 2.40. The van der Waals surface area contributed by atoms with Gasteiger partial charge in [-0.2, -0.15) is 5.10 Å². The number of nitrogens with zero attached hydrogens (tertiary/aromatic N) is 2. The van der Waals surface area contributed by atoms with Crippen LogP contribution in [0.3, 0.4) is 0 Å². The van der Waals surface area contributed by atoms with Crippen LogP contribution in [0.4, 0.5) is 4.79 Å². The zero-order chi connectivity index (χ0) is 26.7. The number of benzene rings is 1. The number of ether oxygens (including phenoxy) is 1. The number of aromatic amines is 1. The molecule has 0 radical (unpaired) electrons. The van der Waals surface area contributed by atoms with E-state index in [0.717, 1.165) is 58.1 Å². The van der Waals surface area contributed by atoms with Gasteiger partial charge in [0.1, 0.15) is 0 Å². The molecule has 1 aliphatic rings. The van der Waals surface area contributed by atoms with Crippen LogP contribution in [0, 0.1) is 11.7 Å². The number of nitrogens with one attached hydrogen (secondary N) is 3. The number of carbonyl (C=O) groups is 1. The first kappa shape index (κ1) is 27.3. The van der Waals surface area contributed by atoms with Gasteiger partial charge >= 0.3 is 6.09 Å². The van der Waals surface area contributed by atoms with Crippen LogP contribution in [0.1, 0.15) is 81.3 Å². The number of amides is 1. The molecule has 1 aliphatic carbocycles. The van der Waals surface area contributed by atoms with Crippen molar-refractivity contribution in [1.29, 1.82) is 4.78 Å². The summed E-state index contributed by atoms with van der Waals surface area (Å²) in [5.74, 6) is 0.328. The second-order valence-electron chi connectivity index (χ2n) is 10.4. The zero-order valence-corrected chi connectivity index (χ0v) is 23.8. The Bertz CT molecular complexity index is 1340. The Morgan fingerprint density at radius 3 is 2.57 bits per heavy atom. The molecular formula is C27H37N5O3S2. The smallest absolute Gasteiger partial charge is 0.407 e. The maximum Gasteiger partial charge on any atom is 0.407 e. The third-order valence-corrected chi connectivity index (χ3v) is 10.2.